The molecule has 0 atom stereocenters. The number of rotatable bonds is 6. The molecule has 0 unspecified atom stereocenters. The van der Waals surface area contributed by atoms with Crippen LogP contribution in [-0.2, 0) is 11.3 Å². The molecule has 0 aliphatic rings. The maximum absolute atomic E-state index is 12.5. The van der Waals surface area contributed by atoms with E-state index in [1.807, 2.05) is 31.4 Å². The molecule has 6 heteroatoms. The largest absolute Gasteiger partial charge is 0.454 e. The molecule has 3 aromatic rings. The van der Waals surface area contributed by atoms with Crippen molar-refractivity contribution in [3.63, 3.8) is 0 Å². The van der Waals surface area contributed by atoms with E-state index in [9.17, 15) is 9.59 Å². The number of ketones is 1. The van der Waals surface area contributed by atoms with E-state index in [1.165, 1.54) is 4.88 Å². The molecule has 0 amide bonds. The maximum Gasteiger partial charge on any atom is 0.338 e. The van der Waals surface area contributed by atoms with Gasteiger partial charge >= 0.3 is 5.97 Å². The van der Waals surface area contributed by atoms with Gasteiger partial charge in [-0.15, -0.1) is 11.3 Å². The number of nitrogens with zero attached hydrogens (tertiary/aromatic N) is 1. The van der Waals surface area contributed by atoms with Crippen molar-refractivity contribution in [2.24, 2.45) is 0 Å². The van der Waals surface area contributed by atoms with E-state index in [0.717, 1.165) is 17.9 Å². The molecule has 1 aromatic carbocycles. The zero-order valence-electron chi connectivity index (χ0n) is 14.7. The second-order valence-electron chi connectivity index (χ2n) is 6.07. The first-order valence-corrected chi connectivity index (χ1v) is 9.08. The molecule has 0 saturated heterocycles. The maximum atomic E-state index is 12.5. The number of nitrogens with two attached hydrogens (primary N) is 1. The number of anilines is 1. The lowest BCUT2D eigenvalue weighted by Crippen LogP contribution is -2.15. The van der Waals surface area contributed by atoms with Gasteiger partial charge in [0, 0.05) is 27.5 Å². The van der Waals surface area contributed by atoms with Crippen LogP contribution in [0.3, 0.4) is 0 Å². The van der Waals surface area contributed by atoms with Gasteiger partial charge in [-0.1, -0.05) is 6.07 Å². The molecule has 5 nitrogen and oxygen atoms in total. The molecule has 3 rings (SSSR count). The highest BCUT2D eigenvalue weighted by Gasteiger charge is 2.18. The first-order valence-electron chi connectivity index (χ1n) is 8.20. The molecule has 0 aliphatic carbocycles. The van der Waals surface area contributed by atoms with Gasteiger partial charge in [-0.2, -0.15) is 0 Å². The third-order valence-electron chi connectivity index (χ3n) is 4.25. The Hall–Kier alpha value is -2.86. The lowest BCUT2D eigenvalue weighted by molar-refractivity contribution is 0.0474. The van der Waals surface area contributed by atoms with Gasteiger partial charge in [0.2, 0.25) is 5.78 Å². The average molecular weight is 368 g/mol. The van der Waals surface area contributed by atoms with Gasteiger partial charge < -0.3 is 15.0 Å². The summed E-state index contributed by atoms with van der Waals surface area (Å²) < 4.78 is 7.26. The molecular weight excluding hydrogens is 348 g/mol. The number of ether oxygens (including phenoxy) is 1. The van der Waals surface area contributed by atoms with Gasteiger partial charge in [0.1, 0.15) is 0 Å². The number of hydrogen-bond acceptors (Lipinski definition) is 5. The van der Waals surface area contributed by atoms with Crippen molar-refractivity contribution in [2.75, 3.05) is 12.3 Å². The van der Waals surface area contributed by atoms with Crippen LogP contribution in [0.25, 0.3) is 0 Å². The van der Waals surface area contributed by atoms with Crippen LogP contribution >= 0.6 is 11.3 Å². The molecular formula is C20H20N2O3S. The number of carbonyl (C=O) groups is 2. The van der Waals surface area contributed by atoms with Crippen LogP contribution in [0.1, 0.15) is 37.0 Å². The summed E-state index contributed by atoms with van der Waals surface area (Å²) in [5, 5.41) is 2.03. The summed E-state index contributed by atoms with van der Waals surface area (Å²) >= 11 is 1.68. The SMILES string of the molecule is Cc1cc(C(=O)COC(=O)c2ccc(N)cc2)c(C)n1Cc1cccs1. The Kier molecular flexibility index (Phi) is 5.23. The smallest absolute Gasteiger partial charge is 0.338 e. The Morgan fingerprint density at radius 3 is 2.54 bits per heavy atom. The van der Waals surface area contributed by atoms with Crippen molar-refractivity contribution >= 4 is 28.8 Å². The van der Waals surface area contributed by atoms with Crippen LogP contribution in [0.2, 0.25) is 0 Å². The molecule has 2 aromatic heterocycles. The van der Waals surface area contributed by atoms with Gasteiger partial charge in [0.05, 0.1) is 12.1 Å². The van der Waals surface area contributed by atoms with Gasteiger partial charge in [0.25, 0.3) is 0 Å². The molecule has 0 saturated carbocycles. The quantitative estimate of drug-likeness (QED) is 0.408. The van der Waals surface area contributed by atoms with Gasteiger partial charge in [-0.05, 0) is 55.6 Å². The highest BCUT2D eigenvalue weighted by Crippen LogP contribution is 2.20. The van der Waals surface area contributed by atoms with Crippen molar-refractivity contribution in [3.05, 3.63) is 75.2 Å². The number of Topliss-reactive ketones (excluding diaryl/α,β-unsaturated/α-hetero) is 1. The molecule has 26 heavy (non-hydrogen) atoms. The molecule has 2 heterocycles. The molecule has 2 N–H and O–H groups in total. The lowest BCUT2D eigenvalue weighted by atomic mass is 10.1. The average Bonchev–Trinajstić information content (AvgIpc) is 3.24. The van der Waals surface area contributed by atoms with Crippen molar-refractivity contribution in [2.45, 2.75) is 20.4 Å². The molecule has 134 valence electrons. The minimum atomic E-state index is -0.536. The van der Waals surface area contributed by atoms with E-state index in [2.05, 4.69) is 10.6 Å². The van der Waals surface area contributed by atoms with Crippen LogP contribution < -0.4 is 5.73 Å². The fraction of sp³-hybridized carbons (Fsp3) is 0.200. The fourth-order valence-corrected chi connectivity index (χ4v) is 3.49. The summed E-state index contributed by atoms with van der Waals surface area (Å²) in [6.07, 6.45) is 0. The van der Waals surface area contributed by atoms with E-state index in [1.54, 1.807) is 35.6 Å². The van der Waals surface area contributed by atoms with Gasteiger partial charge in [-0.25, -0.2) is 4.79 Å². The minimum absolute atomic E-state index is 0.209. The second-order valence-corrected chi connectivity index (χ2v) is 7.10. The summed E-state index contributed by atoms with van der Waals surface area (Å²) in [4.78, 5) is 25.8. The molecule has 0 spiro atoms. The Bertz CT molecular complexity index is 925. The van der Waals surface area contributed by atoms with Crippen LogP contribution in [0.5, 0.6) is 0 Å². The van der Waals surface area contributed by atoms with Crippen molar-refractivity contribution in [1.82, 2.24) is 4.57 Å². The normalized spacial score (nSPS) is 10.7. The zero-order valence-corrected chi connectivity index (χ0v) is 15.5. The van der Waals surface area contributed by atoms with Crippen LogP contribution in [-0.4, -0.2) is 22.9 Å². The second kappa shape index (κ2) is 7.58. The summed E-state index contributed by atoms with van der Waals surface area (Å²) in [6.45, 7) is 4.33. The Labute approximate surface area is 156 Å². The molecule has 0 radical (unpaired) electrons. The Morgan fingerprint density at radius 2 is 1.88 bits per heavy atom. The summed E-state index contributed by atoms with van der Waals surface area (Å²) in [5.41, 5.74) is 9.00. The summed E-state index contributed by atoms with van der Waals surface area (Å²) in [6, 6.07) is 12.3. The Balaban J connectivity index is 1.68. The van der Waals surface area contributed by atoms with Crippen molar-refractivity contribution < 1.29 is 14.3 Å². The van der Waals surface area contributed by atoms with Gasteiger partial charge in [0.15, 0.2) is 6.61 Å². The minimum Gasteiger partial charge on any atom is -0.454 e. The van der Waals surface area contributed by atoms with Crippen LogP contribution in [0.15, 0.2) is 47.8 Å². The number of aryl methyl sites for hydroxylation is 1. The number of benzene rings is 1. The van der Waals surface area contributed by atoms with Crippen LogP contribution in [0.4, 0.5) is 5.69 Å². The first kappa shape index (κ1) is 17.9. The monoisotopic (exact) mass is 368 g/mol. The topological polar surface area (TPSA) is 74.3 Å². The van der Waals surface area contributed by atoms with Crippen molar-refractivity contribution in [1.29, 1.82) is 0 Å². The zero-order chi connectivity index (χ0) is 18.7. The number of hydrogen-bond donors (Lipinski definition) is 1. The number of carbonyl (C=O) groups excluding carboxylic acids is 2. The number of aromatic nitrogens is 1. The lowest BCUT2D eigenvalue weighted by Gasteiger charge is -2.08. The highest BCUT2D eigenvalue weighted by atomic mass is 32.1. The fourth-order valence-electron chi connectivity index (χ4n) is 2.80. The molecule has 0 bridgehead atoms. The van der Waals surface area contributed by atoms with E-state index >= 15 is 0 Å². The highest BCUT2D eigenvalue weighted by molar-refractivity contribution is 7.09. The van der Waals surface area contributed by atoms with Gasteiger partial charge in [-0.3, -0.25) is 4.79 Å². The number of thiophene rings is 1. The van der Waals surface area contributed by atoms with E-state index < -0.39 is 5.97 Å². The van der Waals surface area contributed by atoms with E-state index in [4.69, 9.17) is 10.5 Å². The Morgan fingerprint density at radius 1 is 1.15 bits per heavy atom. The van der Waals surface area contributed by atoms with E-state index in [-0.39, 0.29) is 12.4 Å². The summed E-state index contributed by atoms with van der Waals surface area (Å²) in [7, 11) is 0. The first-order chi connectivity index (χ1) is 12.5. The van der Waals surface area contributed by atoms with E-state index in [0.29, 0.717) is 16.8 Å². The molecule has 0 aliphatic heterocycles. The molecule has 0 fully saturated rings. The predicted octanol–water partition coefficient (Wildman–Crippen LogP) is 3.84. The number of nitrogen functional groups attached to an aromatic ring is 1. The third-order valence-corrected chi connectivity index (χ3v) is 5.11. The standard InChI is InChI=1S/C20H20N2O3S/c1-13-10-18(14(2)22(13)11-17-4-3-9-26-17)19(23)12-25-20(24)15-5-7-16(21)8-6-15/h3-10H,11-12,21H2,1-2H3. The summed E-state index contributed by atoms with van der Waals surface area (Å²) in [5.74, 6) is -0.745. The third kappa shape index (κ3) is 3.86. The predicted molar refractivity (Wildman–Crippen MR) is 103 cm³/mol. The van der Waals surface area contributed by atoms with Crippen molar-refractivity contribution in [3.8, 4) is 0 Å². The van der Waals surface area contributed by atoms with Crippen LogP contribution in [0, 0.1) is 13.8 Å². The number of esters is 1.